The van der Waals surface area contributed by atoms with Crippen LogP contribution in [0.25, 0.3) is 11.5 Å². The van der Waals surface area contributed by atoms with Crippen molar-refractivity contribution in [2.24, 2.45) is 0 Å². The normalized spacial score (nSPS) is 11.1. The first-order chi connectivity index (χ1) is 8.15. The Morgan fingerprint density at radius 1 is 1.29 bits per heavy atom. The van der Waals surface area contributed by atoms with Crippen LogP contribution >= 0.6 is 0 Å². The molecule has 2 aromatic heterocycles. The van der Waals surface area contributed by atoms with Crippen LogP contribution in [-0.4, -0.2) is 19.5 Å². The van der Waals surface area contributed by atoms with E-state index in [0.717, 1.165) is 23.6 Å². The summed E-state index contributed by atoms with van der Waals surface area (Å²) in [5, 5.41) is 0. The number of aryl methyl sites for hydroxylation is 1. The van der Waals surface area contributed by atoms with Crippen LogP contribution in [0.15, 0.2) is 18.7 Å². The van der Waals surface area contributed by atoms with Gasteiger partial charge < -0.3 is 10.3 Å². The van der Waals surface area contributed by atoms with Crippen molar-refractivity contribution in [1.82, 2.24) is 19.5 Å². The maximum Gasteiger partial charge on any atom is 0.159 e. The van der Waals surface area contributed by atoms with Gasteiger partial charge >= 0.3 is 0 Å². The molecule has 0 radical (unpaired) electrons. The summed E-state index contributed by atoms with van der Waals surface area (Å²) in [6.45, 7) is 7.09. The highest BCUT2D eigenvalue weighted by atomic mass is 15.1. The molecule has 0 bridgehead atoms. The molecule has 17 heavy (non-hydrogen) atoms. The third-order valence-corrected chi connectivity index (χ3v) is 2.76. The number of nitrogen functional groups attached to an aromatic ring is 1. The second kappa shape index (κ2) is 4.53. The number of anilines is 1. The lowest BCUT2D eigenvalue weighted by Crippen LogP contribution is -2.07. The van der Waals surface area contributed by atoms with E-state index in [0.29, 0.717) is 5.82 Å². The van der Waals surface area contributed by atoms with Gasteiger partial charge in [-0.15, -0.1) is 0 Å². The summed E-state index contributed by atoms with van der Waals surface area (Å²) >= 11 is 0. The second-order valence-corrected chi connectivity index (χ2v) is 4.21. The highest BCUT2D eigenvalue weighted by Gasteiger charge is 2.17. The Kier molecular flexibility index (Phi) is 3.08. The van der Waals surface area contributed by atoms with Crippen molar-refractivity contribution in [3.63, 3.8) is 0 Å². The number of imidazole rings is 1. The zero-order valence-corrected chi connectivity index (χ0v) is 10.4. The highest BCUT2D eigenvalue weighted by molar-refractivity contribution is 5.62. The predicted octanol–water partition coefficient (Wildman–Crippen LogP) is 2.07. The third-order valence-electron chi connectivity index (χ3n) is 2.76. The van der Waals surface area contributed by atoms with E-state index >= 15 is 0 Å². The van der Waals surface area contributed by atoms with Crippen LogP contribution in [-0.2, 0) is 6.54 Å². The molecule has 0 saturated carbocycles. The minimum absolute atomic E-state index is 0.271. The van der Waals surface area contributed by atoms with Crippen LogP contribution in [0.4, 0.5) is 5.82 Å². The quantitative estimate of drug-likeness (QED) is 0.877. The van der Waals surface area contributed by atoms with Crippen LogP contribution in [0, 0.1) is 0 Å². The first-order valence-corrected chi connectivity index (χ1v) is 5.77. The van der Waals surface area contributed by atoms with E-state index in [1.54, 1.807) is 6.20 Å². The average Bonchev–Trinajstić information content (AvgIpc) is 2.75. The topological polar surface area (TPSA) is 69.6 Å². The van der Waals surface area contributed by atoms with Crippen LogP contribution in [0.3, 0.4) is 0 Å². The van der Waals surface area contributed by atoms with Crippen molar-refractivity contribution < 1.29 is 0 Å². The molecule has 5 heteroatoms. The van der Waals surface area contributed by atoms with Gasteiger partial charge in [0.25, 0.3) is 0 Å². The van der Waals surface area contributed by atoms with Gasteiger partial charge in [-0.3, -0.25) is 0 Å². The molecule has 2 aromatic rings. The number of nitrogens with zero attached hydrogens (tertiary/aromatic N) is 4. The number of hydrogen-bond acceptors (Lipinski definition) is 4. The van der Waals surface area contributed by atoms with Crippen molar-refractivity contribution in [3.05, 3.63) is 24.3 Å². The van der Waals surface area contributed by atoms with Crippen molar-refractivity contribution >= 4 is 5.82 Å². The Hall–Kier alpha value is -1.91. The van der Waals surface area contributed by atoms with Crippen molar-refractivity contribution in [3.8, 4) is 11.5 Å². The SMILES string of the molecule is CCn1ccnc1-c1ncnc(N)c1C(C)C. The number of nitrogens with two attached hydrogens (primary N) is 1. The Morgan fingerprint density at radius 3 is 2.71 bits per heavy atom. The fraction of sp³-hybridized carbons (Fsp3) is 0.417. The Morgan fingerprint density at radius 2 is 2.06 bits per heavy atom. The van der Waals surface area contributed by atoms with Crippen molar-refractivity contribution in [1.29, 1.82) is 0 Å². The van der Waals surface area contributed by atoms with Gasteiger partial charge in [0.05, 0.1) is 0 Å². The summed E-state index contributed by atoms with van der Waals surface area (Å²) in [5.41, 5.74) is 7.73. The Labute approximate surface area is 101 Å². The predicted molar refractivity (Wildman–Crippen MR) is 67.4 cm³/mol. The largest absolute Gasteiger partial charge is 0.383 e. The van der Waals surface area contributed by atoms with Crippen molar-refractivity contribution in [2.75, 3.05) is 5.73 Å². The molecule has 0 aliphatic rings. The maximum atomic E-state index is 5.93. The molecule has 2 rings (SSSR count). The van der Waals surface area contributed by atoms with Gasteiger partial charge in [-0.2, -0.15) is 0 Å². The maximum absolute atomic E-state index is 5.93. The lowest BCUT2D eigenvalue weighted by Gasteiger charge is -2.13. The van der Waals surface area contributed by atoms with Gasteiger partial charge in [0.15, 0.2) is 5.82 Å². The minimum atomic E-state index is 0.271. The Bertz CT molecular complexity index is 515. The van der Waals surface area contributed by atoms with E-state index in [9.17, 15) is 0 Å². The highest BCUT2D eigenvalue weighted by Crippen LogP contribution is 2.29. The molecule has 0 saturated heterocycles. The molecular weight excluding hydrogens is 214 g/mol. The molecule has 0 amide bonds. The fourth-order valence-electron chi connectivity index (χ4n) is 1.94. The molecule has 0 unspecified atom stereocenters. The van der Waals surface area contributed by atoms with E-state index in [1.165, 1.54) is 6.33 Å². The van der Waals surface area contributed by atoms with Crippen LogP contribution < -0.4 is 5.73 Å². The number of hydrogen-bond donors (Lipinski definition) is 1. The summed E-state index contributed by atoms with van der Waals surface area (Å²) in [7, 11) is 0. The van der Waals surface area contributed by atoms with Crippen molar-refractivity contribution in [2.45, 2.75) is 33.2 Å². The van der Waals surface area contributed by atoms with E-state index < -0.39 is 0 Å². The molecule has 0 spiro atoms. The average molecular weight is 231 g/mol. The fourth-order valence-corrected chi connectivity index (χ4v) is 1.94. The molecule has 0 atom stereocenters. The van der Waals surface area contributed by atoms with Gasteiger partial charge in [0.1, 0.15) is 17.8 Å². The molecule has 0 aromatic carbocycles. The molecule has 2 N–H and O–H groups in total. The van der Waals surface area contributed by atoms with Crippen LogP contribution in [0.2, 0.25) is 0 Å². The molecule has 90 valence electrons. The van der Waals surface area contributed by atoms with Crippen LogP contribution in [0.5, 0.6) is 0 Å². The zero-order valence-electron chi connectivity index (χ0n) is 10.4. The lowest BCUT2D eigenvalue weighted by atomic mass is 10.0. The van der Waals surface area contributed by atoms with Crippen LogP contribution in [0.1, 0.15) is 32.3 Å². The van der Waals surface area contributed by atoms with E-state index in [2.05, 4.69) is 35.7 Å². The molecular formula is C12H17N5. The summed E-state index contributed by atoms with van der Waals surface area (Å²) in [5.74, 6) is 1.66. The summed E-state index contributed by atoms with van der Waals surface area (Å²) in [4.78, 5) is 12.8. The van der Waals surface area contributed by atoms with E-state index in [-0.39, 0.29) is 5.92 Å². The van der Waals surface area contributed by atoms with Gasteiger partial charge in [0, 0.05) is 24.5 Å². The van der Waals surface area contributed by atoms with E-state index in [1.807, 2.05) is 10.8 Å². The van der Waals surface area contributed by atoms with Gasteiger partial charge in [-0.1, -0.05) is 13.8 Å². The summed E-state index contributed by atoms with van der Waals surface area (Å²) < 4.78 is 2.05. The third kappa shape index (κ3) is 2.00. The zero-order chi connectivity index (χ0) is 12.4. The monoisotopic (exact) mass is 231 g/mol. The second-order valence-electron chi connectivity index (χ2n) is 4.21. The first kappa shape index (κ1) is 11.6. The molecule has 2 heterocycles. The van der Waals surface area contributed by atoms with E-state index in [4.69, 9.17) is 5.73 Å². The number of aromatic nitrogens is 4. The number of rotatable bonds is 3. The standard InChI is InChI=1S/C12H17N5/c1-4-17-6-5-14-12(17)10-9(8(2)3)11(13)16-7-15-10/h5-8H,4H2,1-3H3,(H2,13,15,16). The molecule has 0 fully saturated rings. The molecule has 5 nitrogen and oxygen atoms in total. The summed E-state index contributed by atoms with van der Waals surface area (Å²) in [6.07, 6.45) is 5.21. The smallest absolute Gasteiger partial charge is 0.159 e. The molecule has 0 aliphatic carbocycles. The minimum Gasteiger partial charge on any atom is -0.383 e. The van der Waals surface area contributed by atoms with Gasteiger partial charge in [0.2, 0.25) is 0 Å². The Balaban J connectivity index is 2.63. The molecule has 0 aliphatic heterocycles. The first-order valence-electron chi connectivity index (χ1n) is 5.77. The summed E-state index contributed by atoms with van der Waals surface area (Å²) in [6, 6.07) is 0. The van der Waals surface area contributed by atoms with Gasteiger partial charge in [-0.25, -0.2) is 15.0 Å². The van der Waals surface area contributed by atoms with Gasteiger partial charge in [-0.05, 0) is 12.8 Å². The lowest BCUT2D eigenvalue weighted by molar-refractivity contribution is 0.761.